The van der Waals surface area contributed by atoms with Gasteiger partial charge in [-0.1, -0.05) is 0 Å². The van der Waals surface area contributed by atoms with Crippen LogP contribution in [0.2, 0.25) is 0 Å². The number of hydrogen-bond donors (Lipinski definition) is 0. The predicted molar refractivity (Wildman–Crippen MR) is 42.7 cm³/mol. The van der Waals surface area contributed by atoms with E-state index in [1.54, 1.807) is 0 Å². The Morgan fingerprint density at radius 2 is 2.08 bits per heavy atom. The fraction of sp³-hybridized carbons (Fsp3) is 0.750. The number of piperidine rings is 1. The van der Waals surface area contributed by atoms with Crippen molar-refractivity contribution >= 4 is 12.3 Å². The summed E-state index contributed by atoms with van der Waals surface area (Å²) in [5.74, 6) is 0.336. The second kappa shape index (κ2) is 4.87. The molecule has 0 aromatic rings. The van der Waals surface area contributed by atoms with Crippen LogP contribution in [-0.2, 0) is 14.3 Å². The molecule has 1 rings (SSSR count). The number of carbonyl (C=O) groups excluding carboxylic acids is 2. The summed E-state index contributed by atoms with van der Waals surface area (Å²) in [6, 6.07) is 0. The van der Waals surface area contributed by atoms with E-state index in [2.05, 4.69) is 9.64 Å². The molecule has 4 heteroatoms. The lowest BCUT2D eigenvalue weighted by molar-refractivity contribution is -0.130. The van der Waals surface area contributed by atoms with Gasteiger partial charge in [-0.3, -0.25) is 14.5 Å². The molecule has 1 aliphatic rings. The predicted octanol–water partition coefficient (Wildman–Crippen LogP) is -0.176. The molecule has 12 heavy (non-hydrogen) atoms. The summed E-state index contributed by atoms with van der Waals surface area (Å²) in [4.78, 5) is 22.8. The molecule has 1 saturated heterocycles. The standard InChI is InChI=1S/C8H13NO3/c10-7-12-6-5-9-3-1-8(11)2-4-9/h7H,1-6H2. The van der Waals surface area contributed by atoms with Crippen LogP contribution in [0.4, 0.5) is 0 Å². The Balaban J connectivity index is 2.09. The molecule has 1 aliphatic heterocycles. The monoisotopic (exact) mass is 171 g/mol. The van der Waals surface area contributed by atoms with E-state index in [1.165, 1.54) is 0 Å². The summed E-state index contributed by atoms with van der Waals surface area (Å²) >= 11 is 0. The number of nitrogens with zero attached hydrogens (tertiary/aromatic N) is 1. The van der Waals surface area contributed by atoms with E-state index < -0.39 is 0 Å². The zero-order chi connectivity index (χ0) is 8.81. The number of Topliss-reactive ketones (excluding diaryl/α,β-unsaturated/α-hetero) is 1. The SMILES string of the molecule is O=COCCN1CCC(=O)CC1. The van der Waals surface area contributed by atoms with E-state index in [9.17, 15) is 9.59 Å². The Morgan fingerprint density at radius 3 is 2.67 bits per heavy atom. The largest absolute Gasteiger partial charge is 0.467 e. The van der Waals surface area contributed by atoms with Crippen LogP contribution in [0.1, 0.15) is 12.8 Å². The van der Waals surface area contributed by atoms with Crippen molar-refractivity contribution < 1.29 is 14.3 Å². The Bertz CT molecular complexity index is 160. The van der Waals surface area contributed by atoms with Crippen molar-refractivity contribution in [1.29, 1.82) is 0 Å². The average Bonchev–Trinajstić information content (AvgIpc) is 2.09. The third kappa shape index (κ3) is 3.00. The molecule has 0 saturated carbocycles. The molecule has 0 radical (unpaired) electrons. The third-order valence-corrected chi connectivity index (χ3v) is 2.01. The van der Waals surface area contributed by atoms with Crippen LogP contribution in [-0.4, -0.2) is 43.4 Å². The number of ether oxygens (including phenoxy) is 1. The quantitative estimate of drug-likeness (QED) is 0.435. The van der Waals surface area contributed by atoms with Gasteiger partial charge in [-0.25, -0.2) is 0 Å². The smallest absolute Gasteiger partial charge is 0.293 e. The molecular formula is C8H13NO3. The maximum atomic E-state index is 10.8. The molecule has 1 heterocycles. The second-order valence-electron chi connectivity index (χ2n) is 2.85. The maximum Gasteiger partial charge on any atom is 0.293 e. The number of rotatable bonds is 4. The molecule has 0 amide bonds. The van der Waals surface area contributed by atoms with Crippen molar-refractivity contribution in [2.24, 2.45) is 0 Å². The zero-order valence-electron chi connectivity index (χ0n) is 6.99. The highest BCUT2D eigenvalue weighted by atomic mass is 16.5. The summed E-state index contributed by atoms with van der Waals surface area (Å²) < 4.78 is 4.56. The van der Waals surface area contributed by atoms with Crippen LogP contribution in [0, 0.1) is 0 Å². The van der Waals surface area contributed by atoms with E-state index in [0.29, 0.717) is 31.7 Å². The number of ketones is 1. The maximum absolute atomic E-state index is 10.8. The highest BCUT2D eigenvalue weighted by Crippen LogP contribution is 2.04. The fourth-order valence-electron chi connectivity index (χ4n) is 1.26. The summed E-state index contributed by atoms with van der Waals surface area (Å²) in [5.41, 5.74) is 0. The molecule has 0 aliphatic carbocycles. The number of hydrogen-bond acceptors (Lipinski definition) is 4. The van der Waals surface area contributed by atoms with E-state index in [0.717, 1.165) is 19.6 Å². The van der Waals surface area contributed by atoms with Gasteiger partial charge < -0.3 is 4.74 Å². The van der Waals surface area contributed by atoms with E-state index >= 15 is 0 Å². The van der Waals surface area contributed by atoms with Crippen molar-refractivity contribution in [3.8, 4) is 0 Å². The first-order valence-corrected chi connectivity index (χ1v) is 4.12. The van der Waals surface area contributed by atoms with Gasteiger partial charge >= 0.3 is 0 Å². The molecule has 68 valence electrons. The molecule has 0 spiro atoms. The lowest BCUT2D eigenvalue weighted by Gasteiger charge is -2.24. The summed E-state index contributed by atoms with van der Waals surface area (Å²) in [6.45, 7) is 3.24. The third-order valence-electron chi connectivity index (χ3n) is 2.01. The van der Waals surface area contributed by atoms with Gasteiger partial charge in [0, 0.05) is 32.5 Å². The van der Waals surface area contributed by atoms with Crippen LogP contribution >= 0.6 is 0 Å². The molecule has 0 aromatic carbocycles. The van der Waals surface area contributed by atoms with E-state index in [1.807, 2.05) is 0 Å². The minimum Gasteiger partial charge on any atom is -0.467 e. The minimum absolute atomic E-state index is 0.336. The Labute approximate surface area is 71.5 Å². The molecule has 1 fully saturated rings. The topological polar surface area (TPSA) is 46.6 Å². The summed E-state index contributed by atoms with van der Waals surface area (Å²) in [5, 5.41) is 0. The van der Waals surface area contributed by atoms with Crippen LogP contribution in [0.3, 0.4) is 0 Å². The molecule has 0 aromatic heterocycles. The normalized spacial score (nSPS) is 19.2. The Morgan fingerprint density at radius 1 is 1.42 bits per heavy atom. The zero-order valence-corrected chi connectivity index (χ0v) is 6.99. The second-order valence-corrected chi connectivity index (χ2v) is 2.85. The van der Waals surface area contributed by atoms with Gasteiger partial charge in [0.15, 0.2) is 0 Å². The molecule has 4 nitrogen and oxygen atoms in total. The van der Waals surface area contributed by atoms with Crippen molar-refractivity contribution in [2.45, 2.75) is 12.8 Å². The first kappa shape index (κ1) is 9.19. The average molecular weight is 171 g/mol. The summed E-state index contributed by atoms with van der Waals surface area (Å²) in [6.07, 6.45) is 1.28. The fourth-order valence-corrected chi connectivity index (χ4v) is 1.26. The van der Waals surface area contributed by atoms with Gasteiger partial charge in [0.1, 0.15) is 12.4 Å². The van der Waals surface area contributed by atoms with E-state index in [-0.39, 0.29) is 0 Å². The first-order valence-electron chi connectivity index (χ1n) is 4.12. The Kier molecular flexibility index (Phi) is 3.73. The number of likely N-dealkylation sites (tertiary alicyclic amines) is 1. The van der Waals surface area contributed by atoms with Crippen molar-refractivity contribution in [3.05, 3.63) is 0 Å². The van der Waals surface area contributed by atoms with Gasteiger partial charge in [0.2, 0.25) is 0 Å². The summed E-state index contributed by atoms with van der Waals surface area (Å²) in [7, 11) is 0. The lowest BCUT2D eigenvalue weighted by atomic mass is 10.1. The molecule has 0 bridgehead atoms. The molecule has 0 N–H and O–H groups in total. The van der Waals surface area contributed by atoms with Gasteiger partial charge in [-0.05, 0) is 0 Å². The van der Waals surface area contributed by atoms with Gasteiger partial charge in [-0.15, -0.1) is 0 Å². The minimum atomic E-state index is 0.336. The van der Waals surface area contributed by atoms with Gasteiger partial charge in [-0.2, -0.15) is 0 Å². The van der Waals surface area contributed by atoms with Crippen LogP contribution < -0.4 is 0 Å². The van der Waals surface area contributed by atoms with E-state index in [4.69, 9.17) is 0 Å². The highest BCUT2D eigenvalue weighted by Gasteiger charge is 2.15. The molecule has 0 unspecified atom stereocenters. The van der Waals surface area contributed by atoms with Crippen LogP contribution in [0.25, 0.3) is 0 Å². The van der Waals surface area contributed by atoms with Crippen LogP contribution in [0.15, 0.2) is 0 Å². The highest BCUT2D eigenvalue weighted by molar-refractivity contribution is 5.79. The van der Waals surface area contributed by atoms with Gasteiger partial charge in [0.05, 0.1) is 0 Å². The Hall–Kier alpha value is -0.900. The van der Waals surface area contributed by atoms with Crippen molar-refractivity contribution in [3.63, 3.8) is 0 Å². The first-order chi connectivity index (χ1) is 5.83. The number of carbonyl (C=O) groups is 2. The lowest BCUT2D eigenvalue weighted by Crippen LogP contribution is -2.36. The molecular weight excluding hydrogens is 158 g/mol. The van der Waals surface area contributed by atoms with Crippen molar-refractivity contribution in [1.82, 2.24) is 4.90 Å². The van der Waals surface area contributed by atoms with Crippen LogP contribution in [0.5, 0.6) is 0 Å². The molecule has 0 atom stereocenters. The van der Waals surface area contributed by atoms with Gasteiger partial charge in [0.25, 0.3) is 6.47 Å². The van der Waals surface area contributed by atoms with Crippen molar-refractivity contribution in [2.75, 3.05) is 26.2 Å².